The monoisotopic (exact) mass is 464 g/mol. The number of aliphatic hydroxyl groups excluding tert-OH is 1. The lowest BCUT2D eigenvalue weighted by Gasteiger charge is -2.44. The summed E-state index contributed by atoms with van der Waals surface area (Å²) in [5, 5.41) is 15.3. The van der Waals surface area contributed by atoms with Crippen molar-refractivity contribution in [1.82, 2.24) is 29.5 Å². The lowest BCUT2D eigenvalue weighted by atomic mass is 9.84. The number of likely N-dealkylation sites (tertiary alicyclic amines) is 1. The van der Waals surface area contributed by atoms with Crippen molar-refractivity contribution in [2.45, 2.75) is 77.4 Å². The number of fused-ring (bicyclic) bond motifs is 2. The zero-order valence-corrected chi connectivity index (χ0v) is 20.6. The molecule has 0 radical (unpaired) electrons. The second-order valence-electron chi connectivity index (χ2n) is 10.2. The first-order valence-corrected chi connectivity index (χ1v) is 13.0. The van der Waals surface area contributed by atoms with Gasteiger partial charge in [0.15, 0.2) is 5.65 Å². The van der Waals surface area contributed by atoms with Crippen LogP contribution in [0.3, 0.4) is 0 Å². The maximum absolute atomic E-state index is 9.62. The van der Waals surface area contributed by atoms with Gasteiger partial charge in [-0.1, -0.05) is 13.8 Å². The highest BCUT2D eigenvalue weighted by atomic mass is 32.1. The van der Waals surface area contributed by atoms with Crippen molar-refractivity contribution in [3.05, 3.63) is 34.2 Å². The van der Waals surface area contributed by atoms with E-state index in [1.807, 2.05) is 15.9 Å². The predicted molar refractivity (Wildman–Crippen MR) is 132 cm³/mol. The summed E-state index contributed by atoms with van der Waals surface area (Å²) < 4.78 is 1.88. The Morgan fingerprint density at radius 2 is 1.88 bits per heavy atom. The van der Waals surface area contributed by atoms with Crippen molar-refractivity contribution < 1.29 is 5.11 Å². The van der Waals surface area contributed by atoms with Crippen LogP contribution >= 0.6 is 11.3 Å². The number of hydrogen-bond donors (Lipinski definition) is 2. The highest BCUT2D eigenvalue weighted by molar-refractivity contribution is 7.18. The first-order valence-electron chi connectivity index (χ1n) is 12.1. The molecule has 1 saturated carbocycles. The third-order valence-corrected chi connectivity index (χ3v) is 8.97. The Morgan fingerprint density at radius 1 is 1.12 bits per heavy atom. The lowest BCUT2D eigenvalue weighted by molar-refractivity contribution is -0.0343. The molecule has 6 rings (SSSR count). The summed E-state index contributed by atoms with van der Waals surface area (Å²) in [4.78, 5) is 17.0. The van der Waals surface area contributed by atoms with Crippen LogP contribution in [0.25, 0.3) is 27.3 Å². The minimum atomic E-state index is -0.108. The van der Waals surface area contributed by atoms with Gasteiger partial charge in [-0.05, 0) is 56.6 Å². The van der Waals surface area contributed by atoms with Crippen LogP contribution in [0, 0.1) is 13.8 Å². The molecule has 4 aromatic heterocycles. The van der Waals surface area contributed by atoms with E-state index in [0.29, 0.717) is 17.9 Å². The van der Waals surface area contributed by atoms with E-state index in [1.54, 1.807) is 6.33 Å². The summed E-state index contributed by atoms with van der Waals surface area (Å²) >= 11 is 1.84. The second-order valence-corrected chi connectivity index (χ2v) is 11.3. The summed E-state index contributed by atoms with van der Waals surface area (Å²) in [6, 6.07) is 0.644. The molecular weight excluding hydrogens is 432 g/mol. The van der Waals surface area contributed by atoms with Gasteiger partial charge in [0.25, 0.3) is 0 Å². The van der Waals surface area contributed by atoms with E-state index in [0.717, 1.165) is 29.8 Å². The molecule has 5 heterocycles. The number of aromatic amines is 1. The van der Waals surface area contributed by atoms with Gasteiger partial charge >= 0.3 is 0 Å². The maximum Gasteiger partial charge on any atom is 0.158 e. The standard InChI is InChI=1S/C25H32N6OS/c1-13(2)20-21(19-11-31-23(26-12-27-31)15(4)14(19)3)28-25-22(20)29-24(33-25)16-5-7-17(8-6-16)30-9-18(32)10-30/h11-13,16-18,28,32H,5-10H2,1-4H3. The third-order valence-electron chi connectivity index (χ3n) is 7.83. The van der Waals surface area contributed by atoms with Gasteiger partial charge in [0.2, 0.25) is 0 Å². The van der Waals surface area contributed by atoms with Gasteiger partial charge in [-0.2, -0.15) is 5.10 Å². The molecule has 1 aliphatic heterocycles. The molecule has 0 spiro atoms. The van der Waals surface area contributed by atoms with Gasteiger partial charge in [-0.15, -0.1) is 11.3 Å². The summed E-state index contributed by atoms with van der Waals surface area (Å²) in [5.74, 6) is 0.917. The molecule has 0 atom stereocenters. The van der Waals surface area contributed by atoms with Crippen molar-refractivity contribution in [3.8, 4) is 11.3 Å². The third kappa shape index (κ3) is 3.42. The Morgan fingerprint density at radius 3 is 2.58 bits per heavy atom. The molecular formula is C25H32N6OS. The zero-order chi connectivity index (χ0) is 22.9. The Balaban J connectivity index is 1.33. The van der Waals surface area contributed by atoms with E-state index in [2.05, 4.69) is 53.9 Å². The average molecular weight is 465 g/mol. The Kier molecular flexibility index (Phi) is 5.08. The molecule has 33 heavy (non-hydrogen) atoms. The maximum atomic E-state index is 9.62. The van der Waals surface area contributed by atoms with Crippen LogP contribution in [0.2, 0.25) is 0 Å². The second kappa shape index (κ2) is 7.89. The Bertz CT molecular complexity index is 1320. The van der Waals surface area contributed by atoms with E-state index < -0.39 is 0 Å². The first kappa shape index (κ1) is 21.3. The molecule has 1 aliphatic carbocycles. The van der Waals surface area contributed by atoms with Gasteiger partial charge in [0.1, 0.15) is 16.7 Å². The van der Waals surface area contributed by atoms with Gasteiger partial charge in [0, 0.05) is 42.4 Å². The molecule has 2 fully saturated rings. The van der Waals surface area contributed by atoms with Gasteiger partial charge in [-0.25, -0.2) is 14.5 Å². The van der Waals surface area contributed by atoms with E-state index in [4.69, 9.17) is 4.98 Å². The van der Waals surface area contributed by atoms with Crippen molar-refractivity contribution in [1.29, 1.82) is 0 Å². The van der Waals surface area contributed by atoms with Crippen LogP contribution in [-0.2, 0) is 0 Å². The molecule has 0 amide bonds. The first-order chi connectivity index (χ1) is 15.9. The van der Waals surface area contributed by atoms with E-state index in [9.17, 15) is 5.11 Å². The average Bonchev–Trinajstić information content (AvgIpc) is 3.48. The molecule has 1 saturated heterocycles. The van der Waals surface area contributed by atoms with Gasteiger partial charge < -0.3 is 10.1 Å². The number of β-amino-alcohol motifs (C(OH)–C–C–N with tert-alkyl or cyclic N) is 1. The van der Waals surface area contributed by atoms with E-state index >= 15 is 0 Å². The van der Waals surface area contributed by atoms with E-state index in [-0.39, 0.29) is 6.10 Å². The molecule has 7 nitrogen and oxygen atoms in total. The number of H-pyrrole nitrogens is 1. The van der Waals surface area contributed by atoms with Crippen molar-refractivity contribution in [2.24, 2.45) is 0 Å². The summed E-state index contributed by atoms with van der Waals surface area (Å²) in [6.45, 7) is 10.5. The minimum absolute atomic E-state index is 0.108. The molecule has 174 valence electrons. The SMILES string of the molecule is Cc1c(-c2[nH]c3sc(C4CCC(N5CC(O)C5)CC4)nc3c2C(C)C)cn2ncnc2c1C. The highest BCUT2D eigenvalue weighted by Crippen LogP contribution is 2.43. The fourth-order valence-electron chi connectivity index (χ4n) is 5.78. The number of nitrogens with one attached hydrogen (secondary N) is 1. The number of aryl methyl sites for hydroxylation is 1. The molecule has 0 unspecified atom stereocenters. The van der Waals surface area contributed by atoms with Crippen LogP contribution in [0.4, 0.5) is 0 Å². The number of hydrogen-bond acceptors (Lipinski definition) is 6. The fraction of sp³-hybridized carbons (Fsp3) is 0.560. The number of aliphatic hydroxyl groups is 1. The molecule has 2 aliphatic rings. The smallest absolute Gasteiger partial charge is 0.158 e. The summed E-state index contributed by atoms with van der Waals surface area (Å²) in [5.41, 5.74) is 8.11. The van der Waals surface area contributed by atoms with Crippen molar-refractivity contribution in [3.63, 3.8) is 0 Å². The van der Waals surface area contributed by atoms with Crippen LogP contribution < -0.4 is 0 Å². The van der Waals surface area contributed by atoms with Crippen LogP contribution in [0.15, 0.2) is 12.5 Å². The molecule has 0 bridgehead atoms. The number of thiazole rings is 1. The normalized spacial score (nSPS) is 22.6. The largest absolute Gasteiger partial charge is 0.390 e. The minimum Gasteiger partial charge on any atom is -0.390 e. The number of nitrogens with zero attached hydrogens (tertiary/aromatic N) is 5. The number of pyridine rings is 1. The van der Waals surface area contributed by atoms with Crippen molar-refractivity contribution >= 4 is 27.3 Å². The molecule has 4 aromatic rings. The number of rotatable bonds is 4. The fourth-order valence-corrected chi connectivity index (χ4v) is 6.93. The zero-order valence-electron chi connectivity index (χ0n) is 19.8. The van der Waals surface area contributed by atoms with Gasteiger partial charge in [0.05, 0.1) is 16.8 Å². The topological polar surface area (TPSA) is 82.3 Å². The summed E-state index contributed by atoms with van der Waals surface area (Å²) in [6.07, 6.45) is 8.42. The number of aromatic nitrogens is 5. The molecule has 2 N–H and O–H groups in total. The molecule has 8 heteroatoms. The summed E-state index contributed by atoms with van der Waals surface area (Å²) in [7, 11) is 0. The van der Waals surface area contributed by atoms with E-state index in [1.165, 1.54) is 57.9 Å². The quantitative estimate of drug-likeness (QED) is 0.454. The molecule has 0 aromatic carbocycles. The predicted octanol–water partition coefficient (Wildman–Crippen LogP) is 4.78. The van der Waals surface area contributed by atoms with Crippen LogP contribution in [0.5, 0.6) is 0 Å². The Labute approximate surface area is 197 Å². The Hall–Kier alpha value is -2.29. The van der Waals surface area contributed by atoms with Crippen LogP contribution in [-0.4, -0.2) is 59.8 Å². The van der Waals surface area contributed by atoms with Crippen LogP contribution in [0.1, 0.15) is 73.1 Å². The van der Waals surface area contributed by atoms with Crippen molar-refractivity contribution in [2.75, 3.05) is 13.1 Å². The highest BCUT2D eigenvalue weighted by Gasteiger charge is 2.34. The lowest BCUT2D eigenvalue weighted by Crippen LogP contribution is -2.55. The van der Waals surface area contributed by atoms with Gasteiger partial charge in [-0.3, -0.25) is 4.90 Å².